The number of ketones is 1. The molecule has 0 N–H and O–H groups in total. The lowest BCUT2D eigenvalue weighted by atomic mass is 10.1. The maximum atomic E-state index is 12.5. The van der Waals surface area contributed by atoms with Crippen LogP contribution < -0.4 is 9.64 Å². The molecule has 4 rings (SSSR count). The molecule has 30 heavy (non-hydrogen) atoms. The maximum absolute atomic E-state index is 12.5. The first kappa shape index (κ1) is 19.9. The summed E-state index contributed by atoms with van der Waals surface area (Å²) in [6.07, 6.45) is 3.45. The Bertz CT molecular complexity index is 973. The Labute approximate surface area is 177 Å². The molecule has 1 saturated heterocycles. The molecule has 4 heteroatoms. The van der Waals surface area contributed by atoms with E-state index in [2.05, 4.69) is 4.90 Å². The predicted molar refractivity (Wildman–Crippen MR) is 120 cm³/mol. The minimum absolute atomic E-state index is 0.00654. The van der Waals surface area contributed by atoms with Crippen LogP contribution >= 0.6 is 0 Å². The van der Waals surface area contributed by atoms with Crippen molar-refractivity contribution in [1.29, 1.82) is 0 Å². The second kappa shape index (κ2) is 9.90. The van der Waals surface area contributed by atoms with E-state index in [9.17, 15) is 4.79 Å². The highest BCUT2D eigenvalue weighted by atomic mass is 16.5. The van der Waals surface area contributed by atoms with Crippen LogP contribution in [0.25, 0.3) is 6.08 Å². The van der Waals surface area contributed by atoms with E-state index in [1.54, 1.807) is 6.08 Å². The topological polar surface area (TPSA) is 38.8 Å². The lowest BCUT2D eigenvalue weighted by Crippen LogP contribution is -2.36. The average molecular weight is 399 g/mol. The quantitative estimate of drug-likeness (QED) is 0.414. The molecular formula is C26H25NO3. The molecule has 3 aromatic rings. The molecule has 4 nitrogen and oxygen atoms in total. The zero-order valence-electron chi connectivity index (χ0n) is 16.9. The molecule has 3 aromatic carbocycles. The third kappa shape index (κ3) is 5.37. The standard InChI is InChI=1S/C26H25NO3/c28-26(23-9-11-24(12-10-23)27-16-18-29-19-17-27)15-8-21-6-13-25(14-7-21)30-20-22-4-2-1-3-5-22/h1-15H,16-20H2. The molecule has 0 saturated carbocycles. The Morgan fingerprint density at radius 1 is 0.900 bits per heavy atom. The van der Waals surface area contributed by atoms with Gasteiger partial charge in [-0.15, -0.1) is 0 Å². The highest BCUT2D eigenvalue weighted by molar-refractivity contribution is 6.07. The number of anilines is 1. The van der Waals surface area contributed by atoms with Gasteiger partial charge in [-0.2, -0.15) is 0 Å². The van der Waals surface area contributed by atoms with Gasteiger partial charge in [0.25, 0.3) is 0 Å². The molecule has 1 heterocycles. The Hall–Kier alpha value is -3.37. The normalized spacial score (nSPS) is 14.1. The Morgan fingerprint density at radius 3 is 2.30 bits per heavy atom. The number of hydrogen-bond donors (Lipinski definition) is 0. The summed E-state index contributed by atoms with van der Waals surface area (Å²) in [6, 6.07) is 25.6. The van der Waals surface area contributed by atoms with E-state index in [4.69, 9.17) is 9.47 Å². The second-order valence-corrected chi connectivity index (χ2v) is 7.19. The summed E-state index contributed by atoms with van der Waals surface area (Å²) in [6.45, 7) is 3.81. The van der Waals surface area contributed by atoms with E-state index in [0.29, 0.717) is 12.2 Å². The lowest BCUT2D eigenvalue weighted by molar-refractivity contribution is 0.104. The number of allylic oxidation sites excluding steroid dienone is 1. The third-order valence-electron chi connectivity index (χ3n) is 5.08. The fourth-order valence-corrected chi connectivity index (χ4v) is 3.34. The van der Waals surface area contributed by atoms with Crippen molar-refractivity contribution < 1.29 is 14.3 Å². The number of benzene rings is 3. The van der Waals surface area contributed by atoms with Gasteiger partial charge in [0.05, 0.1) is 13.2 Å². The Morgan fingerprint density at radius 2 is 1.60 bits per heavy atom. The molecule has 1 fully saturated rings. The van der Waals surface area contributed by atoms with Crippen LogP contribution in [-0.2, 0) is 11.3 Å². The van der Waals surface area contributed by atoms with Crippen molar-refractivity contribution in [2.24, 2.45) is 0 Å². The Balaban J connectivity index is 1.32. The van der Waals surface area contributed by atoms with Gasteiger partial charge >= 0.3 is 0 Å². The van der Waals surface area contributed by atoms with Gasteiger partial charge in [0.2, 0.25) is 0 Å². The summed E-state index contributed by atoms with van der Waals surface area (Å²) in [5.41, 5.74) is 3.91. The Kier molecular flexibility index (Phi) is 6.58. The first-order valence-corrected chi connectivity index (χ1v) is 10.2. The molecule has 1 aliphatic heterocycles. The number of hydrogen-bond acceptors (Lipinski definition) is 4. The summed E-state index contributed by atoms with van der Waals surface area (Å²) in [7, 11) is 0. The van der Waals surface area contributed by atoms with Crippen molar-refractivity contribution in [2.75, 3.05) is 31.2 Å². The second-order valence-electron chi connectivity index (χ2n) is 7.19. The first-order chi connectivity index (χ1) is 14.8. The zero-order chi connectivity index (χ0) is 20.6. The smallest absolute Gasteiger partial charge is 0.185 e. The number of carbonyl (C=O) groups is 1. The van der Waals surface area contributed by atoms with Crippen molar-refractivity contribution in [2.45, 2.75) is 6.61 Å². The summed E-state index contributed by atoms with van der Waals surface area (Å²) < 4.78 is 11.2. The van der Waals surface area contributed by atoms with Gasteiger partial charge in [0, 0.05) is 24.3 Å². The van der Waals surface area contributed by atoms with E-state index >= 15 is 0 Å². The summed E-state index contributed by atoms with van der Waals surface area (Å²) in [5.74, 6) is 0.800. The highest BCUT2D eigenvalue weighted by Crippen LogP contribution is 2.18. The van der Waals surface area contributed by atoms with Crippen LogP contribution in [0.15, 0.2) is 84.9 Å². The molecule has 152 valence electrons. The van der Waals surface area contributed by atoms with Gasteiger partial charge in [0.1, 0.15) is 12.4 Å². The molecule has 0 unspecified atom stereocenters. The van der Waals surface area contributed by atoms with Gasteiger partial charge in [-0.25, -0.2) is 0 Å². The van der Waals surface area contributed by atoms with Crippen LogP contribution in [-0.4, -0.2) is 32.1 Å². The minimum atomic E-state index is -0.00654. The predicted octanol–water partition coefficient (Wildman–Crippen LogP) is 5.00. The molecule has 0 spiro atoms. The molecular weight excluding hydrogens is 374 g/mol. The lowest BCUT2D eigenvalue weighted by Gasteiger charge is -2.28. The first-order valence-electron chi connectivity index (χ1n) is 10.2. The number of nitrogens with zero attached hydrogens (tertiary/aromatic N) is 1. The fraction of sp³-hybridized carbons (Fsp3) is 0.192. The highest BCUT2D eigenvalue weighted by Gasteiger charge is 2.11. The molecule has 1 aliphatic rings. The van der Waals surface area contributed by atoms with E-state index < -0.39 is 0 Å². The number of carbonyl (C=O) groups excluding carboxylic acids is 1. The van der Waals surface area contributed by atoms with Gasteiger partial charge in [-0.05, 0) is 53.6 Å². The van der Waals surface area contributed by atoms with Gasteiger partial charge in [-0.3, -0.25) is 4.79 Å². The maximum Gasteiger partial charge on any atom is 0.185 e. The van der Waals surface area contributed by atoms with Crippen molar-refractivity contribution in [3.63, 3.8) is 0 Å². The van der Waals surface area contributed by atoms with E-state index in [0.717, 1.165) is 48.9 Å². The van der Waals surface area contributed by atoms with Crippen molar-refractivity contribution in [1.82, 2.24) is 0 Å². The van der Waals surface area contributed by atoms with E-state index in [-0.39, 0.29) is 5.78 Å². The van der Waals surface area contributed by atoms with Crippen LogP contribution in [0.4, 0.5) is 5.69 Å². The fourth-order valence-electron chi connectivity index (χ4n) is 3.34. The molecule has 0 amide bonds. The number of ether oxygens (including phenoxy) is 2. The molecule has 0 aliphatic carbocycles. The average Bonchev–Trinajstić information content (AvgIpc) is 2.83. The zero-order valence-corrected chi connectivity index (χ0v) is 16.9. The molecule has 0 radical (unpaired) electrons. The van der Waals surface area contributed by atoms with Crippen LogP contribution in [0.1, 0.15) is 21.5 Å². The van der Waals surface area contributed by atoms with Crippen molar-refractivity contribution in [3.05, 3.63) is 102 Å². The van der Waals surface area contributed by atoms with Crippen LogP contribution in [0.5, 0.6) is 5.75 Å². The van der Waals surface area contributed by atoms with Crippen LogP contribution in [0.3, 0.4) is 0 Å². The molecule has 0 bridgehead atoms. The van der Waals surface area contributed by atoms with Crippen molar-refractivity contribution in [3.8, 4) is 5.75 Å². The summed E-state index contributed by atoms with van der Waals surface area (Å²) in [5, 5.41) is 0. The van der Waals surface area contributed by atoms with Crippen molar-refractivity contribution >= 4 is 17.5 Å². The van der Waals surface area contributed by atoms with E-state index in [1.165, 1.54) is 0 Å². The molecule has 0 atom stereocenters. The number of rotatable bonds is 7. The largest absolute Gasteiger partial charge is 0.489 e. The summed E-state index contributed by atoms with van der Waals surface area (Å²) in [4.78, 5) is 14.8. The number of morpholine rings is 1. The van der Waals surface area contributed by atoms with E-state index in [1.807, 2.05) is 84.9 Å². The SMILES string of the molecule is O=C(C=Cc1ccc(OCc2ccccc2)cc1)c1ccc(N2CCOCC2)cc1. The van der Waals surface area contributed by atoms with Crippen LogP contribution in [0.2, 0.25) is 0 Å². The van der Waals surface area contributed by atoms with Gasteiger partial charge in [0.15, 0.2) is 5.78 Å². The monoisotopic (exact) mass is 399 g/mol. The minimum Gasteiger partial charge on any atom is -0.489 e. The van der Waals surface area contributed by atoms with Gasteiger partial charge in [-0.1, -0.05) is 48.5 Å². The van der Waals surface area contributed by atoms with Gasteiger partial charge < -0.3 is 14.4 Å². The molecule has 0 aromatic heterocycles. The van der Waals surface area contributed by atoms with Crippen LogP contribution in [0, 0.1) is 0 Å². The third-order valence-corrected chi connectivity index (χ3v) is 5.08. The summed E-state index contributed by atoms with van der Waals surface area (Å²) >= 11 is 0.